The number of unbranched alkanes of at least 4 members (excludes halogenated alkanes) is 3. The molecule has 4 heteroatoms. The molecule has 0 N–H and O–H groups in total. The fraction of sp³-hybridized carbons (Fsp3) is 0.533. The van der Waals surface area contributed by atoms with Crippen LogP contribution in [0.3, 0.4) is 0 Å². The molecule has 0 spiro atoms. The number of hydrogen-bond acceptors (Lipinski definition) is 1. The third kappa shape index (κ3) is 5.05. The Morgan fingerprint density at radius 2 is 1.68 bits per heavy atom. The molecule has 0 aromatic heterocycles. The molecule has 0 heterocycles. The molecule has 0 unspecified atom stereocenters. The number of nitrogens with zero attached hydrogens (tertiary/aromatic N) is 1. The number of alkyl halides is 3. The van der Waals surface area contributed by atoms with Gasteiger partial charge in [-0.05, 0) is 30.5 Å². The van der Waals surface area contributed by atoms with Crippen molar-refractivity contribution in [3.8, 4) is 0 Å². The molecule has 0 amide bonds. The smallest absolute Gasteiger partial charge is 0.292 e. The minimum atomic E-state index is -4.27. The van der Waals surface area contributed by atoms with Gasteiger partial charge in [-0.1, -0.05) is 38.3 Å². The normalized spacial score (nSPS) is 12.8. The van der Waals surface area contributed by atoms with Crippen molar-refractivity contribution in [2.24, 2.45) is 4.99 Å². The first-order chi connectivity index (χ1) is 8.99. The van der Waals surface area contributed by atoms with Crippen LogP contribution >= 0.6 is 0 Å². The molecule has 1 aromatic carbocycles. The Morgan fingerprint density at radius 3 is 2.16 bits per heavy atom. The molecule has 0 aliphatic rings. The van der Waals surface area contributed by atoms with Crippen LogP contribution in [0.5, 0.6) is 0 Å². The van der Waals surface area contributed by atoms with E-state index in [2.05, 4.69) is 11.9 Å². The highest BCUT2D eigenvalue weighted by Gasteiger charge is 2.30. The molecule has 0 radical (unpaired) electrons. The molecule has 0 saturated carbocycles. The zero-order chi connectivity index (χ0) is 14.3. The van der Waals surface area contributed by atoms with Crippen LogP contribution < -0.4 is 0 Å². The number of aliphatic imine (C=N–C) groups is 1. The Labute approximate surface area is 112 Å². The van der Waals surface area contributed by atoms with Gasteiger partial charge >= 0.3 is 6.18 Å². The van der Waals surface area contributed by atoms with E-state index >= 15 is 0 Å². The largest absolute Gasteiger partial charge is 0.416 e. The van der Waals surface area contributed by atoms with Gasteiger partial charge in [-0.15, -0.1) is 0 Å². The Morgan fingerprint density at radius 1 is 1.05 bits per heavy atom. The molecule has 0 aliphatic carbocycles. The lowest BCUT2D eigenvalue weighted by molar-refractivity contribution is -0.137. The highest BCUT2D eigenvalue weighted by Crippen LogP contribution is 2.29. The lowest BCUT2D eigenvalue weighted by Gasteiger charge is -2.09. The number of halogens is 3. The maximum atomic E-state index is 12.5. The summed E-state index contributed by atoms with van der Waals surface area (Å²) in [5.74, 6) is 0. The van der Waals surface area contributed by atoms with Crippen molar-refractivity contribution in [1.29, 1.82) is 0 Å². The zero-order valence-corrected chi connectivity index (χ0v) is 11.4. The molecule has 1 aromatic rings. The topological polar surface area (TPSA) is 12.4 Å². The predicted molar refractivity (Wildman–Crippen MR) is 72.7 cm³/mol. The van der Waals surface area contributed by atoms with Gasteiger partial charge < -0.3 is 0 Å². The van der Waals surface area contributed by atoms with E-state index < -0.39 is 11.7 Å². The second-order valence-electron chi connectivity index (χ2n) is 4.56. The second-order valence-corrected chi connectivity index (χ2v) is 4.56. The monoisotopic (exact) mass is 271 g/mol. The van der Waals surface area contributed by atoms with E-state index in [1.807, 2.05) is 0 Å². The fourth-order valence-electron chi connectivity index (χ4n) is 1.96. The van der Waals surface area contributed by atoms with E-state index in [1.165, 1.54) is 25.0 Å². The third-order valence-electron chi connectivity index (χ3n) is 3.08. The maximum Gasteiger partial charge on any atom is 0.416 e. The summed E-state index contributed by atoms with van der Waals surface area (Å²) < 4.78 is 37.4. The van der Waals surface area contributed by atoms with Gasteiger partial charge in [0.1, 0.15) is 0 Å². The first kappa shape index (κ1) is 15.7. The summed E-state index contributed by atoms with van der Waals surface area (Å²) in [6.45, 7) is 2.14. The molecular weight excluding hydrogens is 251 g/mol. The zero-order valence-electron chi connectivity index (χ0n) is 11.4. The average molecular weight is 271 g/mol. The summed E-state index contributed by atoms with van der Waals surface area (Å²) in [6, 6.07) is 5.25. The van der Waals surface area contributed by atoms with E-state index in [1.54, 1.807) is 7.05 Å². The molecule has 1 rings (SSSR count). The molecule has 1 nitrogen and oxygen atoms in total. The second kappa shape index (κ2) is 7.31. The summed E-state index contributed by atoms with van der Waals surface area (Å²) in [5.41, 5.74) is 1.05. The van der Waals surface area contributed by atoms with Crippen molar-refractivity contribution in [3.63, 3.8) is 0 Å². The van der Waals surface area contributed by atoms with Crippen molar-refractivity contribution in [1.82, 2.24) is 0 Å². The number of rotatable bonds is 6. The Bertz CT molecular complexity index is 404. The molecule has 106 valence electrons. The summed E-state index contributed by atoms with van der Waals surface area (Å²) in [6.07, 6.45) is 1.06. The molecule has 0 bridgehead atoms. The minimum Gasteiger partial charge on any atom is -0.292 e. The minimum absolute atomic E-state index is 0.613. The van der Waals surface area contributed by atoms with E-state index in [0.717, 1.165) is 42.7 Å². The molecule has 0 saturated heterocycles. The molecule has 0 fully saturated rings. The summed E-state index contributed by atoms with van der Waals surface area (Å²) in [5, 5.41) is 0. The van der Waals surface area contributed by atoms with Gasteiger partial charge in [0.15, 0.2) is 0 Å². The van der Waals surface area contributed by atoms with E-state index in [4.69, 9.17) is 0 Å². The predicted octanol–water partition coefficient (Wildman–Crippen LogP) is 5.09. The number of benzene rings is 1. The highest BCUT2D eigenvalue weighted by atomic mass is 19.4. The standard InChI is InChI=1S/C15H20F3N/c1-3-4-5-6-7-14(19-2)12-8-10-13(11-9-12)15(16,17)18/h8-11H,3-7H2,1-2H3/b19-14+. The van der Waals surface area contributed by atoms with Crippen molar-refractivity contribution < 1.29 is 13.2 Å². The first-order valence-corrected chi connectivity index (χ1v) is 6.62. The maximum absolute atomic E-state index is 12.5. The van der Waals surface area contributed by atoms with Crippen LogP contribution in [0, 0.1) is 0 Å². The molecule has 0 aliphatic heterocycles. The quantitative estimate of drug-likeness (QED) is 0.504. The molecule has 0 atom stereocenters. The summed E-state index contributed by atoms with van der Waals surface area (Å²) in [7, 11) is 1.69. The Balaban J connectivity index is 2.67. The van der Waals surface area contributed by atoms with Crippen molar-refractivity contribution in [3.05, 3.63) is 35.4 Å². The number of hydrogen-bond donors (Lipinski definition) is 0. The SMILES string of the molecule is CCCCCC/C(=N\C)c1ccc(C(F)(F)F)cc1. The van der Waals surface area contributed by atoms with Gasteiger partial charge in [0.25, 0.3) is 0 Å². The molecule has 19 heavy (non-hydrogen) atoms. The average Bonchev–Trinajstić information content (AvgIpc) is 2.38. The van der Waals surface area contributed by atoms with Gasteiger partial charge in [0.2, 0.25) is 0 Å². The lowest BCUT2D eigenvalue weighted by atomic mass is 10.0. The van der Waals surface area contributed by atoms with Gasteiger partial charge in [0.05, 0.1) is 5.56 Å². The van der Waals surface area contributed by atoms with E-state index in [9.17, 15) is 13.2 Å². The van der Waals surface area contributed by atoms with Gasteiger partial charge in [-0.3, -0.25) is 4.99 Å². The van der Waals surface area contributed by atoms with Crippen molar-refractivity contribution >= 4 is 5.71 Å². The Hall–Kier alpha value is -1.32. The van der Waals surface area contributed by atoms with E-state index in [0.29, 0.717) is 0 Å². The van der Waals surface area contributed by atoms with Crippen LogP contribution in [0.1, 0.15) is 50.2 Å². The molecular formula is C15H20F3N. The van der Waals surface area contributed by atoms with Crippen LogP contribution in [0.4, 0.5) is 13.2 Å². The van der Waals surface area contributed by atoms with Crippen LogP contribution in [-0.4, -0.2) is 12.8 Å². The van der Waals surface area contributed by atoms with Crippen molar-refractivity contribution in [2.75, 3.05) is 7.05 Å². The highest BCUT2D eigenvalue weighted by molar-refractivity contribution is 6.00. The van der Waals surface area contributed by atoms with Gasteiger partial charge in [-0.2, -0.15) is 13.2 Å². The van der Waals surface area contributed by atoms with Crippen LogP contribution in [-0.2, 0) is 6.18 Å². The summed E-state index contributed by atoms with van der Waals surface area (Å²) >= 11 is 0. The van der Waals surface area contributed by atoms with Crippen molar-refractivity contribution in [2.45, 2.75) is 45.2 Å². The summed E-state index contributed by atoms with van der Waals surface area (Å²) in [4.78, 5) is 4.18. The van der Waals surface area contributed by atoms with E-state index in [-0.39, 0.29) is 0 Å². The lowest BCUT2D eigenvalue weighted by Crippen LogP contribution is -2.06. The van der Waals surface area contributed by atoms with Gasteiger partial charge in [0, 0.05) is 12.8 Å². The third-order valence-corrected chi connectivity index (χ3v) is 3.08. The Kier molecular flexibility index (Phi) is 6.06. The van der Waals surface area contributed by atoms with Crippen LogP contribution in [0.15, 0.2) is 29.3 Å². The van der Waals surface area contributed by atoms with Gasteiger partial charge in [-0.25, -0.2) is 0 Å². The van der Waals surface area contributed by atoms with Crippen LogP contribution in [0.2, 0.25) is 0 Å². The first-order valence-electron chi connectivity index (χ1n) is 6.62. The fourth-order valence-corrected chi connectivity index (χ4v) is 1.96. The van der Waals surface area contributed by atoms with Crippen LogP contribution in [0.25, 0.3) is 0 Å².